The molecule has 2 saturated heterocycles. The summed E-state index contributed by atoms with van der Waals surface area (Å²) in [6.45, 7) is 6.81. The van der Waals surface area contributed by atoms with Crippen LogP contribution in [0.3, 0.4) is 0 Å². The van der Waals surface area contributed by atoms with Gasteiger partial charge in [-0.2, -0.15) is 10.1 Å². The summed E-state index contributed by atoms with van der Waals surface area (Å²) in [6.07, 6.45) is 3.71. The minimum Gasteiger partial charge on any atom is -0.379 e. The number of morpholine rings is 1. The molecule has 0 amide bonds. The SMILES string of the molecule is Cc1cc(Nc2cc(CN3CCOCC3)nc(N3CCCC3c3cc(-c4ccccn4)no3)n2)n[nH]1. The molecule has 1 unspecified atom stereocenters. The Bertz CT molecular complexity index is 1300. The molecule has 0 saturated carbocycles. The number of nitrogens with zero attached hydrogens (tertiary/aromatic N) is 7. The fraction of sp³-hybridized carbons (Fsp3) is 0.400. The van der Waals surface area contributed by atoms with Gasteiger partial charge in [0.2, 0.25) is 5.95 Å². The van der Waals surface area contributed by atoms with Gasteiger partial charge >= 0.3 is 0 Å². The number of aryl methyl sites for hydroxylation is 1. The first-order chi connectivity index (χ1) is 17.7. The van der Waals surface area contributed by atoms with Gasteiger partial charge in [-0.05, 0) is 31.9 Å². The van der Waals surface area contributed by atoms with Crippen LogP contribution in [0.25, 0.3) is 11.4 Å². The van der Waals surface area contributed by atoms with E-state index >= 15 is 0 Å². The number of aromatic amines is 1. The highest BCUT2D eigenvalue weighted by Gasteiger charge is 2.32. The summed E-state index contributed by atoms with van der Waals surface area (Å²) < 4.78 is 11.3. The number of rotatable bonds is 7. The molecule has 4 aromatic rings. The maximum Gasteiger partial charge on any atom is 0.228 e. The molecule has 1 atom stereocenters. The molecule has 6 rings (SSSR count). The minimum absolute atomic E-state index is 0.00840. The van der Waals surface area contributed by atoms with E-state index in [2.05, 4.69) is 35.5 Å². The normalized spacial score (nSPS) is 18.6. The number of hydrogen-bond donors (Lipinski definition) is 2. The Balaban J connectivity index is 1.30. The Hall–Kier alpha value is -3.83. The zero-order valence-corrected chi connectivity index (χ0v) is 20.2. The summed E-state index contributed by atoms with van der Waals surface area (Å²) in [4.78, 5) is 18.8. The maximum absolute atomic E-state index is 5.80. The first kappa shape index (κ1) is 22.6. The van der Waals surface area contributed by atoms with E-state index in [-0.39, 0.29) is 6.04 Å². The van der Waals surface area contributed by atoms with Gasteiger partial charge in [0.1, 0.15) is 11.5 Å². The van der Waals surface area contributed by atoms with Crippen molar-refractivity contribution in [2.45, 2.75) is 32.4 Å². The average Bonchev–Trinajstić information content (AvgIpc) is 3.66. The average molecular weight is 488 g/mol. The van der Waals surface area contributed by atoms with Crippen LogP contribution in [0.1, 0.15) is 36.0 Å². The monoisotopic (exact) mass is 487 g/mol. The maximum atomic E-state index is 5.80. The van der Waals surface area contributed by atoms with Gasteiger partial charge in [0.15, 0.2) is 11.6 Å². The number of anilines is 3. The smallest absolute Gasteiger partial charge is 0.228 e. The second kappa shape index (κ2) is 10.0. The van der Waals surface area contributed by atoms with E-state index in [1.54, 1.807) is 6.20 Å². The summed E-state index contributed by atoms with van der Waals surface area (Å²) >= 11 is 0. The highest BCUT2D eigenvalue weighted by atomic mass is 16.5. The number of H-pyrrole nitrogens is 1. The van der Waals surface area contributed by atoms with Gasteiger partial charge in [-0.25, -0.2) is 4.98 Å². The molecule has 2 N–H and O–H groups in total. The molecule has 11 heteroatoms. The van der Waals surface area contributed by atoms with Crippen molar-refractivity contribution in [3.63, 3.8) is 0 Å². The van der Waals surface area contributed by atoms with Gasteiger partial charge in [-0.3, -0.25) is 15.0 Å². The Labute approximate surface area is 208 Å². The van der Waals surface area contributed by atoms with Crippen LogP contribution in [0.4, 0.5) is 17.6 Å². The molecule has 2 fully saturated rings. The fourth-order valence-corrected chi connectivity index (χ4v) is 4.74. The third kappa shape index (κ3) is 4.93. The summed E-state index contributed by atoms with van der Waals surface area (Å²) in [5, 5.41) is 14.9. The number of pyridine rings is 1. The fourth-order valence-electron chi connectivity index (χ4n) is 4.74. The van der Waals surface area contributed by atoms with Crippen LogP contribution in [0.2, 0.25) is 0 Å². The Kier molecular flexibility index (Phi) is 6.31. The lowest BCUT2D eigenvalue weighted by Crippen LogP contribution is -2.36. The number of ether oxygens (including phenoxy) is 1. The molecule has 2 aliphatic heterocycles. The first-order valence-corrected chi connectivity index (χ1v) is 12.3. The Morgan fingerprint density at radius 3 is 2.78 bits per heavy atom. The number of hydrogen-bond acceptors (Lipinski definition) is 10. The van der Waals surface area contributed by atoms with Gasteiger partial charge in [0.05, 0.1) is 30.6 Å². The molecule has 0 spiro atoms. The predicted molar refractivity (Wildman–Crippen MR) is 134 cm³/mol. The summed E-state index contributed by atoms with van der Waals surface area (Å²) in [7, 11) is 0. The summed E-state index contributed by atoms with van der Waals surface area (Å²) in [6, 6.07) is 11.7. The van der Waals surface area contributed by atoms with Crippen molar-refractivity contribution >= 4 is 17.6 Å². The molecule has 186 valence electrons. The molecular formula is C25H29N9O2. The number of aromatic nitrogens is 6. The standard InChI is InChI=1S/C25H29N9O2/c1-17-13-24(31-30-17)28-23-14-18(16-33-9-11-35-12-10-33)27-25(29-23)34-8-4-6-21(34)22-15-20(32-36-22)19-5-2-3-7-26-19/h2-3,5,7,13-15,21H,4,6,8-12,16H2,1H3,(H2,27,28,29,30,31). The van der Waals surface area contributed by atoms with E-state index < -0.39 is 0 Å². The molecule has 0 aliphatic carbocycles. The van der Waals surface area contributed by atoms with E-state index in [9.17, 15) is 0 Å². The van der Waals surface area contributed by atoms with Crippen LogP contribution < -0.4 is 10.2 Å². The Morgan fingerprint density at radius 2 is 1.97 bits per heavy atom. The lowest BCUT2D eigenvalue weighted by Gasteiger charge is -2.27. The van der Waals surface area contributed by atoms with Gasteiger partial charge in [-0.15, -0.1) is 0 Å². The minimum atomic E-state index is 0.00840. The molecular weight excluding hydrogens is 458 g/mol. The Morgan fingerprint density at radius 1 is 1.06 bits per heavy atom. The summed E-state index contributed by atoms with van der Waals surface area (Å²) in [5.74, 6) is 2.91. The van der Waals surface area contributed by atoms with Crippen molar-refractivity contribution in [2.24, 2.45) is 0 Å². The molecule has 0 aromatic carbocycles. The second-order valence-corrected chi connectivity index (χ2v) is 9.18. The van der Waals surface area contributed by atoms with Crippen LogP contribution >= 0.6 is 0 Å². The van der Waals surface area contributed by atoms with Crippen LogP contribution in [0, 0.1) is 6.92 Å². The lowest BCUT2D eigenvalue weighted by atomic mass is 10.1. The van der Waals surface area contributed by atoms with Crippen molar-refractivity contribution in [1.82, 2.24) is 35.2 Å². The molecule has 2 aliphatic rings. The third-order valence-corrected chi connectivity index (χ3v) is 6.51. The van der Waals surface area contributed by atoms with Crippen LogP contribution in [0.15, 0.2) is 47.1 Å². The van der Waals surface area contributed by atoms with Crippen molar-refractivity contribution in [3.8, 4) is 11.4 Å². The molecule has 4 aromatic heterocycles. The van der Waals surface area contributed by atoms with E-state index in [1.165, 1.54) is 0 Å². The second-order valence-electron chi connectivity index (χ2n) is 9.18. The zero-order valence-electron chi connectivity index (χ0n) is 20.2. The topological polar surface area (TPSA) is 121 Å². The quantitative estimate of drug-likeness (QED) is 0.401. The zero-order chi connectivity index (χ0) is 24.3. The van der Waals surface area contributed by atoms with Crippen molar-refractivity contribution < 1.29 is 9.26 Å². The molecule has 6 heterocycles. The van der Waals surface area contributed by atoms with Crippen molar-refractivity contribution in [1.29, 1.82) is 0 Å². The number of nitrogens with one attached hydrogen (secondary N) is 2. The third-order valence-electron chi connectivity index (χ3n) is 6.51. The van der Waals surface area contributed by atoms with E-state index in [1.807, 2.05) is 43.3 Å². The van der Waals surface area contributed by atoms with Crippen LogP contribution in [-0.2, 0) is 11.3 Å². The van der Waals surface area contributed by atoms with Gasteiger partial charge in [-0.1, -0.05) is 11.2 Å². The molecule has 0 radical (unpaired) electrons. The van der Waals surface area contributed by atoms with Gasteiger partial charge in [0.25, 0.3) is 0 Å². The van der Waals surface area contributed by atoms with E-state index in [4.69, 9.17) is 19.2 Å². The van der Waals surface area contributed by atoms with Gasteiger partial charge < -0.3 is 19.5 Å². The van der Waals surface area contributed by atoms with E-state index in [0.29, 0.717) is 11.8 Å². The molecule has 36 heavy (non-hydrogen) atoms. The highest BCUT2D eigenvalue weighted by Crippen LogP contribution is 2.36. The van der Waals surface area contributed by atoms with Crippen molar-refractivity contribution in [2.75, 3.05) is 43.1 Å². The molecule has 0 bridgehead atoms. The van der Waals surface area contributed by atoms with E-state index in [0.717, 1.165) is 86.6 Å². The highest BCUT2D eigenvalue weighted by molar-refractivity contribution is 5.56. The first-order valence-electron chi connectivity index (χ1n) is 12.3. The lowest BCUT2D eigenvalue weighted by molar-refractivity contribution is 0.0336. The van der Waals surface area contributed by atoms with Crippen molar-refractivity contribution in [3.05, 3.63) is 59.7 Å². The van der Waals surface area contributed by atoms with Gasteiger partial charge in [0, 0.05) is 56.3 Å². The predicted octanol–water partition coefficient (Wildman–Crippen LogP) is 3.48. The summed E-state index contributed by atoms with van der Waals surface area (Å²) in [5.41, 5.74) is 3.46. The van der Waals surface area contributed by atoms with Crippen LogP contribution in [0.5, 0.6) is 0 Å². The largest absolute Gasteiger partial charge is 0.379 e. The molecule has 11 nitrogen and oxygen atoms in total. The van der Waals surface area contributed by atoms with Crippen LogP contribution in [-0.4, -0.2) is 68.1 Å².